The van der Waals surface area contributed by atoms with Crippen LogP contribution in [0.25, 0.3) is 0 Å². The zero-order valence-electron chi connectivity index (χ0n) is 12.6. The minimum absolute atomic E-state index is 0.479. The molecule has 0 N–H and O–H groups in total. The summed E-state index contributed by atoms with van der Waals surface area (Å²) in [5.74, 6) is 1.67. The maximum absolute atomic E-state index is 5.47. The molecule has 1 aromatic heterocycles. The van der Waals surface area contributed by atoms with Crippen LogP contribution in [0, 0.1) is 0 Å². The summed E-state index contributed by atoms with van der Waals surface area (Å²) >= 11 is 0. The molecule has 2 aromatic rings. The SMILES string of the molecule is CN(CCCn1ccnc1C1CCOC1)c1ccccc1. The molecule has 0 radical (unpaired) electrons. The van der Waals surface area contributed by atoms with Gasteiger partial charge in [-0.15, -0.1) is 0 Å². The molecule has 0 bridgehead atoms. The van der Waals surface area contributed by atoms with Crippen LogP contribution in [-0.4, -0.2) is 36.4 Å². The van der Waals surface area contributed by atoms with Crippen molar-refractivity contribution in [3.8, 4) is 0 Å². The summed E-state index contributed by atoms with van der Waals surface area (Å²) in [5, 5.41) is 0. The normalized spacial score (nSPS) is 18.0. The third kappa shape index (κ3) is 3.45. The van der Waals surface area contributed by atoms with Gasteiger partial charge in [-0.05, 0) is 25.0 Å². The lowest BCUT2D eigenvalue weighted by atomic mass is 10.1. The lowest BCUT2D eigenvalue weighted by molar-refractivity contribution is 0.192. The second-order valence-corrected chi connectivity index (χ2v) is 5.65. The van der Waals surface area contributed by atoms with Crippen LogP contribution in [0.3, 0.4) is 0 Å². The van der Waals surface area contributed by atoms with E-state index in [9.17, 15) is 0 Å². The van der Waals surface area contributed by atoms with Gasteiger partial charge in [0.15, 0.2) is 0 Å². The van der Waals surface area contributed by atoms with Gasteiger partial charge in [0.05, 0.1) is 6.61 Å². The van der Waals surface area contributed by atoms with Crippen LogP contribution >= 0.6 is 0 Å². The maximum atomic E-state index is 5.47. The van der Waals surface area contributed by atoms with Gasteiger partial charge >= 0.3 is 0 Å². The van der Waals surface area contributed by atoms with E-state index in [0.717, 1.165) is 39.1 Å². The van der Waals surface area contributed by atoms with Crippen molar-refractivity contribution in [3.05, 3.63) is 48.5 Å². The highest BCUT2D eigenvalue weighted by Gasteiger charge is 2.21. The quantitative estimate of drug-likeness (QED) is 0.817. The fourth-order valence-corrected chi connectivity index (χ4v) is 2.90. The van der Waals surface area contributed by atoms with Gasteiger partial charge in [0.2, 0.25) is 0 Å². The predicted molar refractivity (Wildman–Crippen MR) is 84.7 cm³/mol. The summed E-state index contributed by atoms with van der Waals surface area (Å²) in [6, 6.07) is 10.5. The molecule has 0 aliphatic carbocycles. The lowest BCUT2D eigenvalue weighted by Gasteiger charge is -2.20. The van der Waals surface area contributed by atoms with Gasteiger partial charge < -0.3 is 14.2 Å². The topological polar surface area (TPSA) is 30.3 Å². The number of rotatable bonds is 6. The molecule has 112 valence electrons. The first kappa shape index (κ1) is 14.1. The van der Waals surface area contributed by atoms with Gasteiger partial charge in [0, 0.05) is 50.7 Å². The van der Waals surface area contributed by atoms with Crippen LogP contribution in [0.15, 0.2) is 42.7 Å². The van der Waals surface area contributed by atoms with E-state index in [-0.39, 0.29) is 0 Å². The number of imidazole rings is 1. The van der Waals surface area contributed by atoms with Crippen molar-refractivity contribution in [2.24, 2.45) is 0 Å². The summed E-state index contributed by atoms with van der Waals surface area (Å²) in [4.78, 5) is 6.82. The summed E-state index contributed by atoms with van der Waals surface area (Å²) in [7, 11) is 2.15. The lowest BCUT2D eigenvalue weighted by Crippen LogP contribution is -2.20. The van der Waals surface area contributed by atoms with Crippen molar-refractivity contribution in [1.29, 1.82) is 0 Å². The Morgan fingerprint density at radius 2 is 2.19 bits per heavy atom. The van der Waals surface area contributed by atoms with Crippen molar-refractivity contribution in [2.45, 2.75) is 25.3 Å². The van der Waals surface area contributed by atoms with Crippen LogP contribution in [0.2, 0.25) is 0 Å². The molecule has 1 saturated heterocycles. The van der Waals surface area contributed by atoms with Gasteiger partial charge in [-0.1, -0.05) is 18.2 Å². The molecular weight excluding hydrogens is 262 g/mol. The van der Waals surface area contributed by atoms with E-state index in [0.29, 0.717) is 5.92 Å². The van der Waals surface area contributed by atoms with Crippen LogP contribution in [-0.2, 0) is 11.3 Å². The highest BCUT2D eigenvalue weighted by atomic mass is 16.5. The number of aryl methyl sites for hydroxylation is 1. The fourth-order valence-electron chi connectivity index (χ4n) is 2.90. The average molecular weight is 285 g/mol. The molecule has 1 aliphatic rings. The number of benzene rings is 1. The van der Waals surface area contributed by atoms with Crippen molar-refractivity contribution in [3.63, 3.8) is 0 Å². The Labute approximate surface area is 126 Å². The van der Waals surface area contributed by atoms with Crippen LogP contribution in [0.1, 0.15) is 24.6 Å². The first-order valence-electron chi connectivity index (χ1n) is 7.69. The molecule has 1 atom stereocenters. The Hall–Kier alpha value is -1.81. The Morgan fingerprint density at radius 1 is 1.33 bits per heavy atom. The van der Waals surface area contributed by atoms with E-state index < -0.39 is 0 Å². The van der Waals surface area contributed by atoms with Crippen molar-refractivity contribution < 1.29 is 4.74 Å². The number of para-hydroxylation sites is 1. The van der Waals surface area contributed by atoms with Crippen molar-refractivity contribution >= 4 is 5.69 Å². The Kier molecular flexibility index (Phi) is 4.55. The fraction of sp³-hybridized carbons (Fsp3) is 0.471. The molecule has 21 heavy (non-hydrogen) atoms. The molecule has 0 saturated carbocycles. The van der Waals surface area contributed by atoms with E-state index in [4.69, 9.17) is 4.74 Å². The number of ether oxygens (including phenoxy) is 1. The molecule has 4 heteroatoms. The van der Waals surface area contributed by atoms with Gasteiger partial charge in [-0.3, -0.25) is 0 Å². The number of anilines is 1. The van der Waals surface area contributed by atoms with Crippen LogP contribution < -0.4 is 4.90 Å². The standard InChI is InChI=1S/C17H23N3O/c1-19(16-6-3-2-4-7-16)10-5-11-20-12-9-18-17(20)15-8-13-21-14-15/h2-4,6-7,9,12,15H,5,8,10-11,13-14H2,1H3. The van der Waals surface area contributed by atoms with Crippen molar-refractivity contribution in [2.75, 3.05) is 31.7 Å². The number of nitrogens with zero attached hydrogens (tertiary/aromatic N) is 3. The largest absolute Gasteiger partial charge is 0.381 e. The van der Waals surface area contributed by atoms with Crippen LogP contribution in [0.5, 0.6) is 0 Å². The maximum Gasteiger partial charge on any atom is 0.114 e. The van der Waals surface area contributed by atoms with E-state index in [1.807, 2.05) is 6.20 Å². The number of hydrogen-bond donors (Lipinski definition) is 0. The minimum Gasteiger partial charge on any atom is -0.381 e. The highest BCUT2D eigenvalue weighted by Crippen LogP contribution is 2.23. The number of hydrogen-bond acceptors (Lipinski definition) is 3. The third-order valence-corrected chi connectivity index (χ3v) is 4.13. The Morgan fingerprint density at radius 3 is 2.95 bits per heavy atom. The molecular formula is C17H23N3O. The molecule has 2 heterocycles. The molecule has 1 aliphatic heterocycles. The average Bonchev–Trinajstić information content (AvgIpc) is 3.18. The summed E-state index contributed by atoms with van der Waals surface area (Å²) in [5.41, 5.74) is 1.27. The zero-order valence-corrected chi connectivity index (χ0v) is 12.6. The minimum atomic E-state index is 0.479. The summed E-state index contributed by atoms with van der Waals surface area (Å²) < 4.78 is 7.76. The van der Waals surface area contributed by atoms with Gasteiger partial charge in [-0.2, -0.15) is 0 Å². The number of aromatic nitrogens is 2. The predicted octanol–water partition coefficient (Wildman–Crippen LogP) is 2.91. The first-order valence-corrected chi connectivity index (χ1v) is 7.69. The monoisotopic (exact) mass is 285 g/mol. The second-order valence-electron chi connectivity index (χ2n) is 5.65. The molecule has 1 aromatic carbocycles. The zero-order chi connectivity index (χ0) is 14.5. The van der Waals surface area contributed by atoms with Gasteiger partial charge in [0.25, 0.3) is 0 Å². The smallest absolute Gasteiger partial charge is 0.114 e. The molecule has 4 nitrogen and oxygen atoms in total. The highest BCUT2D eigenvalue weighted by molar-refractivity contribution is 5.44. The second kappa shape index (κ2) is 6.76. The van der Waals surface area contributed by atoms with E-state index in [1.165, 1.54) is 11.5 Å². The summed E-state index contributed by atoms with van der Waals surface area (Å²) in [6.45, 7) is 3.75. The molecule has 0 spiro atoms. The molecule has 3 rings (SSSR count). The Bertz CT molecular complexity index is 546. The van der Waals surface area contributed by atoms with Gasteiger partial charge in [-0.25, -0.2) is 4.98 Å². The van der Waals surface area contributed by atoms with Gasteiger partial charge in [0.1, 0.15) is 5.82 Å². The molecule has 1 unspecified atom stereocenters. The van der Waals surface area contributed by atoms with E-state index in [2.05, 4.69) is 58.0 Å². The summed E-state index contributed by atoms with van der Waals surface area (Å²) in [6.07, 6.45) is 6.22. The van der Waals surface area contributed by atoms with E-state index in [1.54, 1.807) is 0 Å². The molecule has 0 amide bonds. The first-order chi connectivity index (χ1) is 10.3. The van der Waals surface area contributed by atoms with E-state index >= 15 is 0 Å². The van der Waals surface area contributed by atoms with Crippen LogP contribution in [0.4, 0.5) is 5.69 Å². The third-order valence-electron chi connectivity index (χ3n) is 4.13. The molecule has 1 fully saturated rings. The van der Waals surface area contributed by atoms with Crippen molar-refractivity contribution in [1.82, 2.24) is 9.55 Å². The Balaban J connectivity index is 1.53.